The Kier molecular flexibility index (Phi) is 4.02. The largest absolute Gasteiger partial charge is 0.490 e. The van der Waals surface area contributed by atoms with E-state index in [1.54, 1.807) is 12.1 Å². The minimum atomic E-state index is -0.706. The molecule has 0 saturated heterocycles. The van der Waals surface area contributed by atoms with Crippen molar-refractivity contribution in [2.24, 2.45) is 0 Å². The first-order valence-electron chi connectivity index (χ1n) is 6.62. The monoisotopic (exact) mass is 248 g/mol. The van der Waals surface area contributed by atoms with Crippen LogP contribution in [0.15, 0.2) is 24.3 Å². The molecule has 1 aromatic rings. The zero-order valence-corrected chi connectivity index (χ0v) is 10.8. The average molecular weight is 248 g/mol. The molecule has 18 heavy (non-hydrogen) atoms. The number of Topliss-reactive ketones (excluding diaryl/α,β-unsaturated/α-hetero) is 1. The fraction of sp³-hybridized carbons (Fsp3) is 0.533. The number of para-hydroxylation sites is 1. The topological polar surface area (TPSA) is 46.5 Å². The minimum Gasteiger partial charge on any atom is -0.490 e. The summed E-state index contributed by atoms with van der Waals surface area (Å²) in [6.45, 7) is 2.12. The third kappa shape index (κ3) is 2.91. The van der Waals surface area contributed by atoms with Crippen LogP contribution in [0.3, 0.4) is 0 Å². The number of aliphatic hydroxyl groups is 1. The molecule has 0 radical (unpaired) electrons. The maximum atomic E-state index is 11.8. The molecule has 1 saturated carbocycles. The Morgan fingerprint density at radius 2 is 2.00 bits per heavy atom. The summed E-state index contributed by atoms with van der Waals surface area (Å²) in [7, 11) is 0. The molecule has 0 aliphatic heterocycles. The lowest BCUT2D eigenvalue weighted by Gasteiger charge is -2.22. The van der Waals surface area contributed by atoms with Gasteiger partial charge in [0.1, 0.15) is 12.4 Å². The molecule has 0 spiro atoms. The van der Waals surface area contributed by atoms with Crippen molar-refractivity contribution in [3.63, 3.8) is 0 Å². The first-order chi connectivity index (χ1) is 8.64. The van der Waals surface area contributed by atoms with Gasteiger partial charge >= 0.3 is 0 Å². The summed E-state index contributed by atoms with van der Waals surface area (Å²) in [6.07, 6.45) is 4.14. The van der Waals surface area contributed by atoms with Crippen LogP contribution in [0.5, 0.6) is 5.75 Å². The van der Waals surface area contributed by atoms with Gasteiger partial charge in [-0.05, 0) is 25.0 Å². The summed E-state index contributed by atoms with van der Waals surface area (Å²) in [6, 6.07) is 7.25. The van der Waals surface area contributed by atoms with Crippen molar-refractivity contribution < 1.29 is 14.6 Å². The van der Waals surface area contributed by atoms with E-state index in [-0.39, 0.29) is 12.4 Å². The Labute approximate surface area is 108 Å². The maximum absolute atomic E-state index is 11.8. The van der Waals surface area contributed by atoms with Crippen LogP contribution in [0.1, 0.15) is 49.4 Å². The van der Waals surface area contributed by atoms with Gasteiger partial charge < -0.3 is 9.84 Å². The molecule has 0 atom stereocenters. The molecule has 0 heterocycles. The number of carbonyl (C=O) groups is 1. The highest BCUT2D eigenvalue weighted by Gasteiger charge is 2.32. The Morgan fingerprint density at radius 1 is 1.33 bits per heavy atom. The normalized spacial score (nSPS) is 17.7. The fourth-order valence-electron chi connectivity index (χ4n) is 2.40. The molecule has 1 aliphatic rings. The molecule has 0 unspecified atom stereocenters. The molecule has 1 N–H and O–H groups in total. The van der Waals surface area contributed by atoms with E-state index in [2.05, 4.69) is 0 Å². The van der Waals surface area contributed by atoms with Crippen molar-refractivity contribution in [2.75, 3.05) is 6.61 Å². The van der Waals surface area contributed by atoms with E-state index in [0.717, 1.165) is 25.7 Å². The zero-order valence-electron chi connectivity index (χ0n) is 10.8. The lowest BCUT2D eigenvalue weighted by molar-refractivity contribution is 0.00115. The SMILES string of the molecule is CCC(=O)c1ccccc1OCC1(O)CCCC1. The van der Waals surface area contributed by atoms with E-state index in [4.69, 9.17) is 4.74 Å². The van der Waals surface area contributed by atoms with Crippen LogP contribution in [0.25, 0.3) is 0 Å². The van der Waals surface area contributed by atoms with E-state index < -0.39 is 5.60 Å². The van der Waals surface area contributed by atoms with Gasteiger partial charge in [-0.25, -0.2) is 0 Å². The number of hydrogen-bond donors (Lipinski definition) is 1. The second kappa shape index (κ2) is 5.53. The number of carbonyl (C=O) groups excluding carboxylic acids is 1. The molecular formula is C15H20O3. The lowest BCUT2D eigenvalue weighted by atomic mass is 10.0. The van der Waals surface area contributed by atoms with Crippen LogP contribution < -0.4 is 4.74 Å². The molecule has 1 aromatic carbocycles. The van der Waals surface area contributed by atoms with Crippen LogP contribution in [-0.2, 0) is 0 Å². The first-order valence-corrected chi connectivity index (χ1v) is 6.62. The summed E-state index contributed by atoms with van der Waals surface area (Å²) in [5.74, 6) is 0.661. The van der Waals surface area contributed by atoms with Crippen LogP contribution >= 0.6 is 0 Å². The molecule has 1 aliphatic carbocycles. The summed E-state index contributed by atoms with van der Waals surface area (Å²) in [5.41, 5.74) is -0.0934. The van der Waals surface area contributed by atoms with Crippen LogP contribution in [0.4, 0.5) is 0 Å². The highest BCUT2D eigenvalue weighted by atomic mass is 16.5. The van der Waals surface area contributed by atoms with Gasteiger partial charge in [0, 0.05) is 6.42 Å². The lowest BCUT2D eigenvalue weighted by Crippen LogP contribution is -2.32. The van der Waals surface area contributed by atoms with Crippen molar-refractivity contribution in [1.29, 1.82) is 0 Å². The number of ether oxygens (including phenoxy) is 1. The summed E-state index contributed by atoms with van der Waals surface area (Å²) in [4.78, 5) is 11.8. The first kappa shape index (κ1) is 13.1. The highest BCUT2D eigenvalue weighted by Crippen LogP contribution is 2.30. The Morgan fingerprint density at radius 3 is 2.67 bits per heavy atom. The number of hydrogen-bond acceptors (Lipinski definition) is 3. The minimum absolute atomic E-state index is 0.0732. The summed E-state index contributed by atoms with van der Waals surface area (Å²) in [5, 5.41) is 10.2. The Hall–Kier alpha value is -1.35. The highest BCUT2D eigenvalue weighted by molar-refractivity contribution is 5.98. The second-order valence-corrected chi connectivity index (χ2v) is 4.99. The van der Waals surface area contributed by atoms with Crippen molar-refractivity contribution in [2.45, 2.75) is 44.6 Å². The van der Waals surface area contributed by atoms with Gasteiger partial charge in [0.2, 0.25) is 0 Å². The predicted molar refractivity (Wildman–Crippen MR) is 70.0 cm³/mol. The van der Waals surface area contributed by atoms with E-state index in [0.29, 0.717) is 17.7 Å². The molecular weight excluding hydrogens is 228 g/mol. The van der Waals surface area contributed by atoms with Crippen molar-refractivity contribution in [3.8, 4) is 5.75 Å². The molecule has 98 valence electrons. The van der Waals surface area contributed by atoms with Crippen LogP contribution in [0, 0.1) is 0 Å². The van der Waals surface area contributed by atoms with E-state index in [9.17, 15) is 9.90 Å². The van der Waals surface area contributed by atoms with Gasteiger partial charge in [0.15, 0.2) is 5.78 Å². The third-order valence-corrected chi connectivity index (χ3v) is 3.54. The van der Waals surface area contributed by atoms with Gasteiger partial charge in [0.05, 0.1) is 11.2 Å². The maximum Gasteiger partial charge on any atom is 0.166 e. The van der Waals surface area contributed by atoms with Gasteiger partial charge in [-0.3, -0.25) is 4.79 Å². The van der Waals surface area contributed by atoms with Gasteiger partial charge in [-0.15, -0.1) is 0 Å². The van der Waals surface area contributed by atoms with E-state index >= 15 is 0 Å². The molecule has 0 amide bonds. The summed E-state index contributed by atoms with van der Waals surface area (Å²) < 4.78 is 5.68. The van der Waals surface area contributed by atoms with Gasteiger partial charge in [0.25, 0.3) is 0 Å². The molecule has 1 fully saturated rings. The summed E-state index contributed by atoms with van der Waals surface area (Å²) >= 11 is 0. The zero-order chi connectivity index (χ0) is 13.0. The Bertz CT molecular complexity index is 420. The molecule has 2 rings (SSSR count). The standard InChI is InChI=1S/C15H20O3/c1-2-13(16)12-7-3-4-8-14(12)18-11-15(17)9-5-6-10-15/h3-4,7-8,17H,2,5-6,9-11H2,1H3. The predicted octanol–water partition coefficient (Wildman–Crippen LogP) is 2.96. The number of benzene rings is 1. The number of rotatable bonds is 5. The second-order valence-electron chi connectivity index (χ2n) is 4.99. The Balaban J connectivity index is 2.07. The fourth-order valence-corrected chi connectivity index (χ4v) is 2.40. The third-order valence-electron chi connectivity index (χ3n) is 3.54. The van der Waals surface area contributed by atoms with Crippen LogP contribution in [-0.4, -0.2) is 23.1 Å². The van der Waals surface area contributed by atoms with E-state index in [1.165, 1.54) is 0 Å². The number of ketones is 1. The van der Waals surface area contributed by atoms with Crippen molar-refractivity contribution in [1.82, 2.24) is 0 Å². The van der Waals surface area contributed by atoms with Crippen molar-refractivity contribution in [3.05, 3.63) is 29.8 Å². The van der Waals surface area contributed by atoms with Gasteiger partial charge in [-0.1, -0.05) is 31.9 Å². The van der Waals surface area contributed by atoms with E-state index in [1.807, 2.05) is 19.1 Å². The van der Waals surface area contributed by atoms with Gasteiger partial charge in [-0.2, -0.15) is 0 Å². The van der Waals surface area contributed by atoms with Crippen LogP contribution in [0.2, 0.25) is 0 Å². The average Bonchev–Trinajstić information content (AvgIpc) is 2.83. The molecule has 3 heteroatoms. The molecule has 0 bridgehead atoms. The molecule has 0 aromatic heterocycles. The smallest absolute Gasteiger partial charge is 0.166 e. The molecule has 3 nitrogen and oxygen atoms in total. The van der Waals surface area contributed by atoms with Crippen molar-refractivity contribution >= 4 is 5.78 Å². The quantitative estimate of drug-likeness (QED) is 0.815.